The molecule has 3 aromatic rings. The van der Waals surface area contributed by atoms with Crippen LogP contribution in [0.25, 0.3) is 11.3 Å². The first-order chi connectivity index (χ1) is 12.0. The number of carbonyl (C=O) groups excluding carboxylic acids is 1. The summed E-state index contributed by atoms with van der Waals surface area (Å²) in [5.74, 6) is -0.132. The van der Waals surface area contributed by atoms with Crippen LogP contribution in [0.5, 0.6) is 0 Å². The first-order valence-corrected chi connectivity index (χ1v) is 8.07. The maximum Gasteiger partial charge on any atom is 0.251 e. The normalized spacial score (nSPS) is 12.0. The lowest BCUT2D eigenvalue weighted by Crippen LogP contribution is -2.35. The van der Waals surface area contributed by atoms with Gasteiger partial charge in [0.2, 0.25) is 0 Å². The maximum absolute atomic E-state index is 12.5. The van der Waals surface area contributed by atoms with Gasteiger partial charge in [-0.25, -0.2) is 9.97 Å². The van der Waals surface area contributed by atoms with Crippen molar-refractivity contribution >= 4 is 5.91 Å². The summed E-state index contributed by atoms with van der Waals surface area (Å²) in [5, 5.41) is 7.02. The Morgan fingerprint density at radius 3 is 2.92 bits per heavy atom. The fourth-order valence-electron chi connectivity index (χ4n) is 2.58. The van der Waals surface area contributed by atoms with Gasteiger partial charge in [-0.3, -0.25) is 14.5 Å². The van der Waals surface area contributed by atoms with Gasteiger partial charge in [0, 0.05) is 23.4 Å². The number of aromatic nitrogens is 5. The number of hydrogen-bond acceptors (Lipinski definition) is 5. The van der Waals surface area contributed by atoms with Gasteiger partial charge in [-0.2, -0.15) is 5.10 Å². The third kappa shape index (κ3) is 4.06. The zero-order valence-electron chi connectivity index (χ0n) is 14.5. The van der Waals surface area contributed by atoms with Crippen LogP contribution in [0.4, 0.5) is 0 Å². The Balaban J connectivity index is 1.76. The second-order valence-corrected chi connectivity index (χ2v) is 6.02. The maximum atomic E-state index is 12.5. The van der Waals surface area contributed by atoms with E-state index in [1.807, 2.05) is 39.0 Å². The number of rotatable bonds is 5. The number of nitrogens with one attached hydrogen (secondary N) is 1. The van der Waals surface area contributed by atoms with E-state index >= 15 is 0 Å². The van der Waals surface area contributed by atoms with Gasteiger partial charge in [0.25, 0.3) is 5.91 Å². The fourth-order valence-corrected chi connectivity index (χ4v) is 2.58. The molecule has 3 rings (SSSR count). The molecule has 7 nitrogen and oxygen atoms in total. The lowest BCUT2D eigenvalue weighted by Gasteiger charge is -2.14. The summed E-state index contributed by atoms with van der Waals surface area (Å²) >= 11 is 0. The largest absolute Gasteiger partial charge is 0.348 e. The average molecular weight is 336 g/mol. The number of carbonyl (C=O) groups is 1. The van der Waals surface area contributed by atoms with Crippen molar-refractivity contribution in [3.05, 3.63) is 60.1 Å². The standard InChI is InChI=1S/C18H20N6O/c1-12-8-20-14(3)17(22-12)15-5-4-6-16(7-15)18(25)23-13(2)9-24-11-19-10-21-24/h4-8,10-11,13H,9H2,1-3H3,(H,23,25). The van der Waals surface area contributed by atoms with Crippen molar-refractivity contribution in [3.63, 3.8) is 0 Å². The van der Waals surface area contributed by atoms with Crippen molar-refractivity contribution in [2.45, 2.75) is 33.4 Å². The third-order valence-electron chi connectivity index (χ3n) is 3.78. The molecule has 0 aliphatic carbocycles. The van der Waals surface area contributed by atoms with Crippen LogP contribution in [0, 0.1) is 13.8 Å². The molecule has 0 radical (unpaired) electrons. The minimum Gasteiger partial charge on any atom is -0.348 e. The molecule has 2 heterocycles. The van der Waals surface area contributed by atoms with Gasteiger partial charge in [0.05, 0.1) is 23.6 Å². The van der Waals surface area contributed by atoms with E-state index in [1.54, 1.807) is 23.3 Å². The number of aryl methyl sites for hydroxylation is 2. The van der Waals surface area contributed by atoms with E-state index in [-0.39, 0.29) is 11.9 Å². The molecule has 0 saturated carbocycles. The Bertz CT molecular complexity index is 875. The van der Waals surface area contributed by atoms with Gasteiger partial charge in [0.1, 0.15) is 12.7 Å². The number of nitrogens with zero attached hydrogens (tertiary/aromatic N) is 5. The first kappa shape index (κ1) is 16.8. The van der Waals surface area contributed by atoms with E-state index in [1.165, 1.54) is 6.33 Å². The van der Waals surface area contributed by atoms with E-state index in [0.717, 1.165) is 22.6 Å². The minimum absolute atomic E-state index is 0.0710. The molecule has 1 amide bonds. The molecule has 1 N–H and O–H groups in total. The highest BCUT2D eigenvalue weighted by molar-refractivity contribution is 5.95. The van der Waals surface area contributed by atoms with Crippen LogP contribution in [-0.2, 0) is 6.54 Å². The highest BCUT2D eigenvalue weighted by atomic mass is 16.1. The van der Waals surface area contributed by atoms with Crippen molar-refractivity contribution in [3.8, 4) is 11.3 Å². The molecule has 0 spiro atoms. The zero-order valence-corrected chi connectivity index (χ0v) is 14.5. The quantitative estimate of drug-likeness (QED) is 0.772. The molecule has 1 aromatic carbocycles. The SMILES string of the molecule is Cc1cnc(C)c(-c2cccc(C(=O)NC(C)Cn3cncn3)c2)n1. The van der Waals surface area contributed by atoms with Crippen LogP contribution in [0.2, 0.25) is 0 Å². The minimum atomic E-state index is -0.132. The second kappa shape index (κ2) is 7.21. The highest BCUT2D eigenvalue weighted by Gasteiger charge is 2.13. The van der Waals surface area contributed by atoms with Crippen molar-refractivity contribution in [2.24, 2.45) is 0 Å². The summed E-state index contributed by atoms with van der Waals surface area (Å²) in [6.07, 6.45) is 4.84. The summed E-state index contributed by atoms with van der Waals surface area (Å²) in [7, 11) is 0. The summed E-state index contributed by atoms with van der Waals surface area (Å²) in [5.41, 5.74) is 3.95. The van der Waals surface area contributed by atoms with Crippen LogP contribution in [0.15, 0.2) is 43.1 Å². The van der Waals surface area contributed by atoms with E-state index in [0.29, 0.717) is 12.1 Å². The molecule has 0 fully saturated rings. The molecule has 1 unspecified atom stereocenters. The van der Waals surface area contributed by atoms with E-state index in [2.05, 4.69) is 25.4 Å². The summed E-state index contributed by atoms with van der Waals surface area (Å²) in [6.45, 7) is 6.31. The van der Waals surface area contributed by atoms with Crippen molar-refractivity contribution < 1.29 is 4.79 Å². The second-order valence-electron chi connectivity index (χ2n) is 6.02. The van der Waals surface area contributed by atoms with E-state index in [9.17, 15) is 4.79 Å². The Kier molecular flexibility index (Phi) is 4.83. The van der Waals surface area contributed by atoms with Crippen LogP contribution >= 0.6 is 0 Å². The molecule has 0 saturated heterocycles. The fraction of sp³-hybridized carbons (Fsp3) is 0.278. The smallest absolute Gasteiger partial charge is 0.251 e. The Labute approximate surface area is 146 Å². The molecule has 0 bridgehead atoms. The zero-order chi connectivity index (χ0) is 17.8. The van der Waals surface area contributed by atoms with Crippen molar-refractivity contribution in [1.29, 1.82) is 0 Å². The van der Waals surface area contributed by atoms with E-state index < -0.39 is 0 Å². The number of hydrogen-bond donors (Lipinski definition) is 1. The summed E-state index contributed by atoms with van der Waals surface area (Å²) in [4.78, 5) is 25.3. The predicted molar refractivity (Wildman–Crippen MR) is 93.9 cm³/mol. The Morgan fingerprint density at radius 1 is 1.32 bits per heavy atom. The van der Waals surface area contributed by atoms with Crippen LogP contribution < -0.4 is 5.32 Å². The number of amides is 1. The molecular formula is C18H20N6O. The van der Waals surface area contributed by atoms with E-state index in [4.69, 9.17) is 0 Å². The highest BCUT2D eigenvalue weighted by Crippen LogP contribution is 2.21. The Hall–Kier alpha value is -3.09. The van der Waals surface area contributed by atoms with Gasteiger partial charge in [-0.1, -0.05) is 12.1 Å². The lowest BCUT2D eigenvalue weighted by atomic mass is 10.1. The van der Waals surface area contributed by atoms with Crippen molar-refractivity contribution in [1.82, 2.24) is 30.0 Å². The molecular weight excluding hydrogens is 316 g/mol. The molecule has 25 heavy (non-hydrogen) atoms. The molecule has 128 valence electrons. The summed E-state index contributed by atoms with van der Waals surface area (Å²) in [6, 6.07) is 7.36. The van der Waals surface area contributed by atoms with Gasteiger partial charge in [0.15, 0.2) is 0 Å². The lowest BCUT2D eigenvalue weighted by molar-refractivity contribution is 0.0936. The van der Waals surface area contributed by atoms with Gasteiger partial charge >= 0.3 is 0 Å². The van der Waals surface area contributed by atoms with Crippen LogP contribution in [-0.4, -0.2) is 36.7 Å². The first-order valence-electron chi connectivity index (χ1n) is 8.07. The molecule has 0 aliphatic heterocycles. The molecule has 2 aromatic heterocycles. The summed E-state index contributed by atoms with van der Waals surface area (Å²) < 4.78 is 1.69. The predicted octanol–water partition coefficient (Wildman–Crippen LogP) is 2.17. The van der Waals surface area contributed by atoms with Crippen molar-refractivity contribution in [2.75, 3.05) is 0 Å². The van der Waals surface area contributed by atoms with Gasteiger partial charge in [-0.15, -0.1) is 0 Å². The molecule has 0 aliphatic rings. The van der Waals surface area contributed by atoms with Crippen LogP contribution in [0.3, 0.4) is 0 Å². The van der Waals surface area contributed by atoms with Gasteiger partial charge < -0.3 is 5.32 Å². The third-order valence-corrected chi connectivity index (χ3v) is 3.78. The number of benzene rings is 1. The van der Waals surface area contributed by atoms with Gasteiger partial charge in [-0.05, 0) is 32.9 Å². The Morgan fingerprint density at radius 2 is 2.16 bits per heavy atom. The monoisotopic (exact) mass is 336 g/mol. The van der Waals surface area contributed by atoms with Crippen LogP contribution in [0.1, 0.15) is 28.7 Å². The molecule has 7 heteroatoms. The average Bonchev–Trinajstić information content (AvgIpc) is 3.10. The topological polar surface area (TPSA) is 85.6 Å². The molecule has 1 atom stereocenters.